The van der Waals surface area contributed by atoms with E-state index in [1.165, 1.54) is 12.1 Å². The molecule has 0 atom stereocenters. The minimum absolute atomic E-state index is 0.0165. The quantitative estimate of drug-likeness (QED) is 0.640. The largest absolute Gasteiger partial charge is 0.451 e. The molecular formula is C23H23F3N2O2. The fourth-order valence-corrected chi connectivity index (χ4v) is 3.98. The summed E-state index contributed by atoms with van der Waals surface area (Å²) in [7, 11) is 0. The monoisotopic (exact) mass is 416 g/mol. The van der Waals surface area contributed by atoms with Crippen molar-refractivity contribution in [3.8, 4) is 0 Å². The van der Waals surface area contributed by atoms with Gasteiger partial charge in [0.1, 0.15) is 5.58 Å². The summed E-state index contributed by atoms with van der Waals surface area (Å²) < 4.78 is 44.4. The van der Waals surface area contributed by atoms with Crippen molar-refractivity contribution >= 4 is 16.9 Å². The van der Waals surface area contributed by atoms with Gasteiger partial charge in [-0.3, -0.25) is 9.69 Å². The molecule has 158 valence electrons. The number of carbonyl (C=O) groups is 1. The predicted octanol–water partition coefficient (Wildman–Crippen LogP) is 5.15. The molecule has 7 heteroatoms. The maximum Gasteiger partial charge on any atom is 0.416 e. The van der Waals surface area contributed by atoms with Gasteiger partial charge in [-0.25, -0.2) is 0 Å². The summed E-state index contributed by atoms with van der Waals surface area (Å²) in [5.74, 6) is 0.114. The zero-order chi connectivity index (χ0) is 21.3. The SMILES string of the molecule is Cc1c(C(=O)NC2CCN(Cc3cccc(C(F)(F)F)c3)CC2)oc2ccccc12. The number of hydrogen-bond acceptors (Lipinski definition) is 3. The normalized spacial score (nSPS) is 16.1. The van der Waals surface area contributed by atoms with E-state index in [1.54, 1.807) is 6.07 Å². The van der Waals surface area contributed by atoms with E-state index in [1.807, 2.05) is 31.2 Å². The van der Waals surface area contributed by atoms with Crippen LogP contribution in [0, 0.1) is 6.92 Å². The Morgan fingerprint density at radius 2 is 1.87 bits per heavy atom. The highest BCUT2D eigenvalue weighted by Gasteiger charge is 2.30. The molecular weight excluding hydrogens is 393 g/mol. The first-order valence-electron chi connectivity index (χ1n) is 9.99. The smallest absolute Gasteiger partial charge is 0.416 e. The first kappa shape index (κ1) is 20.5. The molecule has 1 aliphatic rings. The molecule has 0 spiro atoms. The van der Waals surface area contributed by atoms with Crippen molar-refractivity contribution < 1.29 is 22.4 Å². The Hall–Kier alpha value is -2.80. The van der Waals surface area contributed by atoms with Crippen molar-refractivity contribution in [1.29, 1.82) is 0 Å². The van der Waals surface area contributed by atoms with Crippen molar-refractivity contribution in [2.45, 2.75) is 38.5 Å². The van der Waals surface area contributed by atoms with Crippen molar-refractivity contribution in [1.82, 2.24) is 10.2 Å². The minimum Gasteiger partial charge on any atom is -0.451 e. The topological polar surface area (TPSA) is 45.5 Å². The van der Waals surface area contributed by atoms with E-state index >= 15 is 0 Å². The van der Waals surface area contributed by atoms with Gasteiger partial charge in [0, 0.05) is 36.6 Å². The number of benzene rings is 2. The Morgan fingerprint density at radius 1 is 1.13 bits per heavy atom. The van der Waals surface area contributed by atoms with Crippen LogP contribution in [0.15, 0.2) is 52.9 Å². The van der Waals surface area contributed by atoms with Crippen LogP contribution in [-0.4, -0.2) is 29.9 Å². The molecule has 1 aliphatic heterocycles. The van der Waals surface area contributed by atoms with E-state index < -0.39 is 11.7 Å². The Balaban J connectivity index is 1.33. The van der Waals surface area contributed by atoms with Gasteiger partial charge in [0.2, 0.25) is 0 Å². The Morgan fingerprint density at radius 3 is 2.57 bits per heavy atom. The molecule has 1 N–H and O–H groups in total. The predicted molar refractivity (Wildman–Crippen MR) is 108 cm³/mol. The molecule has 1 amide bonds. The third-order valence-corrected chi connectivity index (χ3v) is 5.63. The maximum absolute atomic E-state index is 12.9. The van der Waals surface area contributed by atoms with Crippen LogP contribution < -0.4 is 5.32 Å². The lowest BCUT2D eigenvalue weighted by Gasteiger charge is -2.32. The van der Waals surface area contributed by atoms with Crippen LogP contribution in [0.4, 0.5) is 13.2 Å². The van der Waals surface area contributed by atoms with E-state index in [9.17, 15) is 18.0 Å². The summed E-state index contributed by atoms with van der Waals surface area (Å²) >= 11 is 0. The molecule has 2 heterocycles. The van der Waals surface area contributed by atoms with Crippen LogP contribution in [0.3, 0.4) is 0 Å². The third-order valence-electron chi connectivity index (χ3n) is 5.63. The third kappa shape index (κ3) is 4.36. The first-order valence-corrected chi connectivity index (χ1v) is 9.99. The number of alkyl halides is 3. The van der Waals surface area contributed by atoms with Gasteiger partial charge < -0.3 is 9.73 Å². The summed E-state index contributed by atoms with van der Waals surface area (Å²) in [5.41, 5.74) is 1.54. The molecule has 1 saturated heterocycles. The number of piperidine rings is 1. The fraction of sp³-hybridized carbons (Fsp3) is 0.348. The number of halogens is 3. The molecule has 30 heavy (non-hydrogen) atoms. The van der Waals surface area contributed by atoms with E-state index in [0.29, 0.717) is 36.5 Å². The van der Waals surface area contributed by atoms with Crippen LogP contribution >= 0.6 is 0 Å². The second-order valence-electron chi connectivity index (χ2n) is 7.77. The van der Waals surface area contributed by atoms with Gasteiger partial charge in [0.05, 0.1) is 5.56 Å². The lowest BCUT2D eigenvalue weighted by atomic mass is 10.0. The lowest BCUT2D eigenvalue weighted by Crippen LogP contribution is -2.44. The molecule has 0 bridgehead atoms. The summed E-state index contributed by atoms with van der Waals surface area (Å²) in [5, 5.41) is 3.97. The Kier molecular flexibility index (Phi) is 5.56. The van der Waals surface area contributed by atoms with Gasteiger partial charge in [-0.05, 0) is 37.5 Å². The van der Waals surface area contributed by atoms with Crippen LogP contribution in [-0.2, 0) is 12.7 Å². The standard InChI is InChI=1S/C23H23F3N2O2/c1-15-19-7-2-3-8-20(19)30-21(15)22(29)27-18-9-11-28(12-10-18)14-16-5-4-6-17(13-16)23(24,25)26/h2-8,13,18H,9-12,14H2,1H3,(H,27,29). The van der Waals surface area contributed by atoms with Crippen LogP contribution in [0.2, 0.25) is 0 Å². The highest BCUT2D eigenvalue weighted by Crippen LogP contribution is 2.30. The molecule has 0 radical (unpaired) electrons. The summed E-state index contributed by atoms with van der Waals surface area (Å²) in [6, 6.07) is 13.0. The molecule has 0 unspecified atom stereocenters. The second-order valence-corrected chi connectivity index (χ2v) is 7.77. The number of nitrogens with zero attached hydrogens (tertiary/aromatic N) is 1. The number of fused-ring (bicyclic) bond motifs is 1. The second kappa shape index (κ2) is 8.14. The van der Waals surface area contributed by atoms with Crippen LogP contribution in [0.25, 0.3) is 11.0 Å². The number of hydrogen-bond donors (Lipinski definition) is 1. The van der Waals surface area contributed by atoms with E-state index in [-0.39, 0.29) is 11.9 Å². The average molecular weight is 416 g/mol. The van der Waals surface area contributed by atoms with Crippen LogP contribution in [0.1, 0.15) is 40.1 Å². The molecule has 1 fully saturated rings. The molecule has 1 aromatic heterocycles. The van der Waals surface area contributed by atoms with Crippen molar-refractivity contribution in [2.75, 3.05) is 13.1 Å². The number of aryl methyl sites for hydroxylation is 1. The Bertz CT molecular complexity index is 1050. The maximum atomic E-state index is 12.9. The zero-order valence-electron chi connectivity index (χ0n) is 16.6. The highest BCUT2D eigenvalue weighted by molar-refractivity contribution is 5.99. The summed E-state index contributed by atoms with van der Waals surface area (Å²) in [4.78, 5) is 14.8. The lowest BCUT2D eigenvalue weighted by molar-refractivity contribution is -0.137. The molecule has 3 aromatic rings. The number of rotatable bonds is 4. The van der Waals surface area contributed by atoms with Gasteiger partial charge in [-0.15, -0.1) is 0 Å². The number of para-hydroxylation sites is 1. The number of furan rings is 1. The van der Waals surface area contributed by atoms with Gasteiger partial charge in [0.15, 0.2) is 5.76 Å². The molecule has 0 aliphatic carbocycles. The highest BCUT2D eigenvalue weighted by atomic mass is 19.4. The zero-order valence-corrected chi connectivity index (χ0v) is 16.6. The minimum atomic E-state index is -4.33. The summed E-state index contributed by atoms with van der Waals surface area (Å²) in [6.45, 7) is 3.76. The van der Waals surface area contributed by atoms with Crippen molar-refractivity contribution in [3.63, 3.8) is 0 Å². The van der Waals surface area contributed by atoms with Crippen molar-refractivity contribution in [2.24, 2.45) is 0 Å². The van der Waals surface area contributed by atoms with Gasteiger partial charge >= 0.3 is 6.18 Å². The molecule has 0 saturated carbocycles. The molecule has 4 rings (SSSR count). The van der Waals surface area contributed by atoms with Gasteiger partial charge in [0.25, 0.3) is 5.91 Å². The number of amides is 1. The number of nitrogens with one attached hydrogen (secondary N) is 1. The van der Waals surface area contributed by atoms with Crippen molar-refractivity contribution in [3.05, 3.63) is 71.0 Å². The fourth-order valence-electron chi connectivity index (χ4n) is 3.98. The van der Waals surface area contributed by atoms with E-state index in [0.717, 1.165) is 29.9 Å². The van der Waals surface area contributed by atoms with Crippen LogP contribution in [0.5, 0.6) is 0 Å². The Labute approximate surface area is 172 Å². The molecule has 4 nitrogen and oxygen atoms in total. The van der Waals surface area contributed by atoms with E-state index in [2.05, 4.69) is 10.2 Å². The van der Waals surface area contributed by atoms with Gasteiger partial charge in [-0.1, -0.05) is 36.4 Å². The average Bonchev–Trinajstić information content (AvgIpc) is 3.06. The molecule has 2 aromatic carbocycles. The van der Waals surface area contributed by atoms with E-state index in [4.69, 9.17) is 4.42 Å². The van der Waals surface area contributed by atoms with Gasteiger partial charge in [-0.2, -0.15) is 13.2 Å². The number of carbonyl (C=O) groups excluding carboxylic acids is 1. The number of likely N-dealkylation sites (tertiary alicyclic amines) is 1. The summed E-state index contributed by atoms with van der Waals surface area (Å²) in [6.07, 6.45) is -2.85. The first-order chi connectivity index (χ1) is 14.3.